The number of benzene rings is 2. The average molecular weight is 454 g/mol. The van der Waals surface area contributed by atoms with Crippen LogP contribution in [0.25, 0.3) is 10.9 Å². The van der Waals surface area contributed by atoms with E-state index < -0.39 is 17.2 Å². The van der Waals surface area contributed by atoms with Gasteiger partial charge in [-0.15, -0.1) is 0 Å². The molecule has 3 heterocycles. The van der Waals surface area contributed by atoms with Crippen molar-refractivity contribution in [3.63, 3.8) is 0 Å². The molecule has 0 spiro atoms. The van der Waals surface area contributed by atoms with Gasteiger partial charge in [-0.05, 0) is 42.7 Å². The van der Waals surface area contributed by atoms with Crippen LogP contribution in [0, 0.1) is 5.82 Å². The van der Waals surface area contributed by atoms with Crippen molar-refractivity contribution in [2.45, 2.75) is 25.9 Å². The molecule has 0 amide bonds. The Kier molecular flexibility index (Phi) is 4.92. The van der Waals surface area contributed by atoms with Gasteiger partial charge in [0.2, 0.25) is 5.43 Å². The van der Waals surface area contributed by atoms with Gasteiger partial charge < -0.3 is 28.8 Å². The number of carbonyl (C=O) groups is 1. The number of rotatable bonds is 4. The maximum Gasteiger partial charge on any atom is 0.341 e. The molecule has 8 nitrogen and oxygen atoms in total. The highest BCUT2D eigenvalue weighted by Crippen LogP contribution is 2.44. The summed E-state index contributed by atoms with van der Waals surface area (Å²) in [4.78, 5) is 26.3. The van der Waals surface area contributed by atoms with E-state index in [1.807, 2.05) is 24.0 Å². The lowest BCUT2D eigenvalue weighted by molar-refractivity contribution is 0.0694. The smallest absolute Gasteiger partial charge is 0.341 e. The molecule has 2 aromatic carbocycles. The molecular weight excluding hydrogens is 431 g/mol. The molecule has 33 heavy (non-hydrogen) atoms. The van der Waals surface area contributed by atoms with Gasteiger partial charge in [-0.1, -0.05) is 0 Å². The highest BCUT2D eigenvalue weighted by atomic mass is 19.1. The zero-order chi connectivity index (χ0) is 23.4. The molecule has 2 aliphatic heterocycles. The standard InChI is InChI=1S/C24H23FN2O6/c1-12-11-33-23-20-15(22(28)16(24(29)30)10-27(12)20)8-17(25)21(23)26-5-4-13-6-18(31-2)19(32-3)7-14(13)9-26/h6-8,10,12H,4-5,9,11H2,1-3H3,(H,29,30). The van der Waals surface area contributed by atoms with Crippen molar-refractivity contribution < 1.29 is 28.5 Å². The van der Waals surface area contributed by atoms with Crippen molar-refractivity contribution in [2.24, 2.45) is 0 Å². The summed E-state index contributed by atoms with van der Waals surface area (Å²) in [5.41, 5.74) is 1.65. The molecule has 0 fully saturated rings. The summed E-state index contributed by atoms with van der Waals surface area (Å²) in [5, 5.41) is 9.46. The van der Waals surface area contributed by atoms with Gasteiger partial charge in [-0.3, -0.25) is 4.79 Å². The molecule has 1 unspecified atom stereocenters. The number of pyridine rings is 1. The maximum absolute atomic E-state index is 15.5. The SMILES string of the molecule is COc1cc2c(cc1OC)CN(c1c(F)cc3c(=O)c(C(=O)O)cn4c3c1OCC4C)CC2. The number of halogens is 1. The average Bonchev–Trinajstić information content (AvgIpc) is 2.80. The summed E-state index contributed by atoms with van der Waals surface area (Å²) in [6, 6.07) is 4.75. The van der Waals surface area contributed by atoms with Crippen molar-refractivity contribution in [2.75, 3.05) is 32.3 Å². The van der Waals surface area contributed by atoms with Crippen molar-refractivity contribution in [3.8, 4) is 17.2 Å². The Hall–Kier alpha value is -3.75. The number of aromatic nitrogens is 1. The topological polar surface area (TPSA) is 90.2 Å². The van der Waals surface area contributed by atoms with E-state index in [4.69, 9.17) is 14.2 Å². The Morgan fingerprint density at radius 1 is 1.18 bits per heavy atom. The van der Waals surface area contributed by atoms with Crippen LogP contribution in [0.1, 0.15) is 34.5 Å². The minimum Gasteiger partial charge on any atom is -0.493 e. The normalized spacial score (nSPS) is 16.8. The minimum atomic E-state index is -1.34. The van der Waals surface area contributed by atoms with Crippen molar-refractivity contribution in [3.05, 3.63) is 57.1 Å². The Balaban J connectivity index is 1.68. The largest absolute Gasteiger partial charge is 0.493 e. The van der Waals surface area contributed by atoms with E-state index in [1.165, 1.54) is 6.20 Å². The monoisotopic (exact) mass is 454 g/mol. The van der Waals surface area contributed by atoms with Crippen LogP contribution in [0.5, 0.6) is 17.2 Å². The molecule has 1 aromatic heterocycles. The van der Waals surface area contributed by atoms with Crippen molar-refractivity contribution in [1.29, 1.82) is 0 Å². The predicted molar refractivity (Wildman–Crippen MR) is 120 cm³/mol. The van der Waals surface area contributed by atoms with Crippen molar-refractivity contribution in [1.82, 2.24) is 4.57 Å². The van der Waals surface area contributed by atoms with Crippen LogP contribution < -0.4 is 24.5 Å². The lowest BCUT2D eigenvalue weighted by Gasteiger charge is -2.35. The van der Waals surface area contributed by atoms with E-state index in [0.717, 1.165) is 17.2 Å². The number of ether oxygens (including phenoxy) is 3. The number of nitrogens with zero attached hydrogens (tertiary/aromatic N) is 2. The molecule has 1 N–H and O–H groups in total. The van der Waals surface area contributed by atoms with E-state index in [9.17, 15) is 14.7 Å². The first-order chi connectivity index (χ1) is 15.8. The first kappa shape index (κ1) is 21.1. The number of methoxy groups -OCH3 is 2. The molecule has 1 atom stereocenters. The van der Waals surface area contributed by atoms with Gasteiger partial charge in [0.25, 0.3) is 0 Å². The van der Waals surface area contributed by atoms with Gasteiger partial charge in [0.05, 0.1) is 31.2 Å². The summed E-state index contributed by atoms with van der Waals surface area (Å²) in [7, 11) is 3.15. The van der Waals surface area contributed by atoms with E-state index in [2.05, 4.69) is 0 Å². The van der Waals surface area contributed by atoms with Crippen LogP contribution in [0.4, 0.5) is 10.1 Å². The molecule has 172 valence electrons. The Bertz CT molecular complexity index is 1370. The second-order valence-corrected chi connectivity index (χ2v) is 8.32. The molecule has 0 bridgehead atoms. The Morgan fingerprint density at radius 2 is 1.88 bits per heavy atom. The number of carboxylic acid groups (broad SMARTS) is 1. The van der Waals surface area contributed by atoms with Gasteiger partial charge in [0.15, 0.2) is 23.1 Å². The molecule has 5 rings (SSSR count). The van der Waals surface area contributed by atoms with Crippen LogP contribution in [0.3, 0.4) is 0 Å². The first-order valence-electron chi connectivity index (χ1n) is 10.6. The molecule has 2 aliphatic rings. The zero-order valence-electron chi connectivity index (χ0n) is 18.5. The molecule has 0 aliphatic carbocycles. The van der Waals surface area contributed by atoms with Gasteiger partial charge in [0, 0.05) is 19.3 Å². The molecular formula is C24H23FN2O6. The fourth-order valence-electron chi connectivity index (χ4n) is 4.73. The third kappa shape index (κ3) is 3.18. The summed E-state index contributed by atoms with van der Waals surface area (Å²) >= 11 is 0. The molecule has 0 radical (unpaired) electrons. The number of carboxylic acids is 1. The van der Waals surface area contributed by atoms with Gasteiger partial charge in [-0.25, -0.2) is 9.18 Å². The second kappa shape index (κ2) is 7.68. The number of anilines is 1. The third-order valence-corrected chi connectivity index (χ3v) is 6.41. The summed E-state index contributed by atoms with van der Waals surface area (Å²) in [5.74, 6) is -0.457. The van der Waals surface area contributed by atoms with E-state index >= 15 is 4.39 Å². The number of hydrogen-bond donors (Lipinski definition) is 1. The van der Waals surface area contributed by atoms with E-state index in [0.29, 0.717) is 36.5 Å². The van der Waals surface area contributed by atoms with E-state index in [1.54, 1.807) is 18.8 Å². The van der Waals surface area contributed by atoms with Crippen molar-refractivity contribution >= 4 is 22.6 Å². The molecule has 9 heteroatoms. The summed E-state index contributed by atoms with van der Waals surface area (Å²) in [6.45, 7) is 3.05. The second-order valence-electron chi connectivity index (χ2n) is 8.32. The third-order valence-electron chi connectivity index (χ3n) is 6.41. The fraction of sp³-hybridized carbons (Fsp3) is 0.333. The van der Waals surface area contributed by atoms with Crippen LogP contribution in [-0.2, 0) is 13.0 Å². The summed E-state index contributed by atoms with van der Waals surface area (Å²) in [6.07, 6.45) is 1.99. The van der Waals surface area contributed by atoms with Gasteiger partial charge in [-0.2, -0.15) is 0 Å². The van der Waals surface area contributed by atoms with Crippen LogP contribution in [-0.4, -0.2) is 43.0 Å². The Labute approximate surface area is 188 Å². The maximum atomic E-state index is 15.5. The summed E-state index contributed by atoms with van der Waals surface area (Å²) < 4.78 is 34.0. The molecule has 3 aromatic rings. The number of hydrogen-bond acceptors (Lipinski definition) is 6. The molecule has 0 saturated carbocycles. The van der Waals surface area contributed by atoms with Gasteiger partial charge >= 0.3 is 5.97 Å². The van der Waals surface area contributed by atoms with E-state index in [-0.39, 0.29) is 35.0 Å². The highest BCUT2D eigenvalue weighted by Gasteiger charge is 2.31. The fourth-order valence-corrected chi connectivity index (χ4v) is 4.73. The first-order valence-corrected chi connectivity index (χ1v) is 10.6. The predicted octanol–water partition coefficient (Wildman–Crippen LogP) is 3.37. The lowest BCUT2D eigenvalue weighted by atomic mass is 9.97. The quantitative estimate of drug-likeness (QED) is 0.646. The zero-order valence-corrected chi connectivity index (χ0v) is 18.5. The Morgan fingerprint density at radius 3 is 2.55 bits per heavy atom. The van der Waals surface area contributed by atoms with Gasteiger partial charge in [0.1, 0.15) is 17.9 Å². The molecule has 0 saturated heterocycles. The number of fused-ring (bicyclic) bond motifs is 1. The lowest BCUT2D eigenvalue weighted by Crippen LogP contribution is -2.33. The number of aromatic carboxylic acids is 1. The highest BCUT2D eigenvalue weighted by molar-refractivity contribution is 5.97. The van der Waals surface area contributed by atoms with Crippen LogP contribution in [0.2, 0.25) is 0 Å². The minimum absolute atomic E-state index is 0.00140. The van der Waals surface area contributed by atoms with Crippen LogP contribution in [0.15, 0.2) is 29.2 Å². The van der Waals surface area contributed by atoms with Crippen LogP contribution >= 0.6 is 0 Å².